The molecule has 18 heavy (non-hydrogen) atoms. The normalized spacial score (nSPS) is 11.3. The molecule has 0 aliphatic carbocycles. The lowest BCUT2D eigenvalue weighted by Crippen LogP contribution is -2.10. The number of nitrogens with zero attached hydrogens (tertiary/aromatic N) is 2. The zero-order valence-corrected chi connectivity index (χ0v) is 10.1. The number of ether oxygens (including phenoxy) is 1. The first kappa shape index (κ1) is 14.5. The van der Waals surface area contributed by atoms with E-state index in [9.17, 15) is 13.2 Å². The Kier molecular flexibility index (Phi) is 5.67. The van der Waals surface area contributed by atoms with E-state index < -0.39 is 12.6 Å². The monoisotopic (exact) mass is 263 g/mol. The van der Waals surface area contributed by atoms with E-state index in [1.807, 2.05) is 6.92 Å². The number of alkyl halides is 3. The molecule has 1 rings (SSSR count). The Morgan fingerprint density at radius 2 is 2.11 bits per heavy atom. The number of hydrogen-bond acceptors (Lipinski definition) is 4. The highest BCUT2D eigenvalue weighted by atomic mass is 19.4. The van der Waals surface area contributed by atoms with Gasteiger partial charge in [-0.3, -0.25) is 0 Å². The fourth-order valence-corrected chi connectivity index (χ4v) is 1.31. The summed E-state index contributed by atoms with van der Waals surface area (Å²) in [6.07, 6.45) is -2.78. The molecular weight excluding hydrogens is 247 g/mol. The number of nitrogens with one attached hydrogen (secondary N) is 1. The Bertz CT molecular complexity index is 358. The van der Waals surface area contributed by atoms with Crippen LogP contribution in [0.2, 0.25) is 0 Å². The number of halogens is 3. The Labute approximate surface area is 104 Å². The van der Waals surface area contributed by atoms with Crippen LogP contribution in [0, 0.1) is 0 Å². The van der Waals surface area contributed by atoms with Crippen LogP contribution in [0.1, 0.15) is 26.2 Å². The third-order valence-corrected chi connectivity index (χ3v) is 2.09. The molecule has 0 fully saturated rings. The molecule has 0 aliphatic rings. The number of unbranched alkanes of at least 4 members (excludes halogenated alkanes) is 1. The van der Waals surface area contributed by atoms with E-state index in [2.05, 4.69) is 15.3 Å². The highest BCUT2D eigenvalue weighted by molar-refractivity contribution is 5.27. The van der Waals surface area contributed by atoms with Gasteiger partial charge in [0, 0.05) is 25.2 Å². The molecule has 0 unspecified atom stereocenters. The summed E-state index contributed by atoms with van der Waals surface area (Å²) < 4.78 is 40.8. The van der Waals surface area contributed by atoms with Gasteiger partial charge in [-0.05, 0) is 19.8 Å². The van der Waals surface area contributed by atoms with Crippen LogP contribution in [0.15, 0.2) is 12.3 Å². The van der Waals surface area contributed by atoms with Gasteiger partial charge in [0.2, 0.25) is 11.8 Å². The van der Waals surface area contributed by atoms with Crippen LogP contribution >= 0.6 is 0 Å². The summed E-state index contributed by atoms with van der Waals surface area (Å²) in [5, 5.41) is 2.86. The van der Waals surface area contributed by atoms with Crippen LogP contribution in [0.25, 0.3) is 0 Å². The largest absolute Gasteiger partial charge is 0.478 e. The van der Waals surface area contributed by atoms with E-state index >= 15 is 0 Å². The van der Waals surface area contributed by atoms with E-state index in [4.69, 9.17) is 4.74 Å². The van der Waals surface area contributed by atoms with Gasteiger partial charge in [-0.1, -0.05) is 0 Å². The summed E-state index contributed by atoms with van der Waals surface area (Å²) in [6.45, 7) is 2.75. The minimum Gasteiger partial charge on any atom is -0.478 e. The number of anilines is 1. The lowest BCUT2D eigenvalue weighted by atomic mass is 10.2. The zero-order chi connectivity index (χ0) is 13.4. The molecule has 1 aromatic heterocycles. The van der Waals surface area contributed by atoms with Gasteiger partial charge in [-0.15, -0.1) is 0 Å². The van der Waals surface area contributed by atoms with Gasteiger partial charge in [0.15, 0.2) is 0 Å². The fourth-order valence-electron chi connectivity index (χ4n) is 1.31. The predicted molar refractivity (Wildman–Crippen MR) is 61.6 cm³/mol. The van der Waals surface area contributed by atoms with Gasteiger partial charge in [0.25, 0.3) is 0 Å². The van der Waals surface area contributed by atoms with Crippen LogP contribution in [0.5, 0.6) is 5.88 Å². The van der Waals surface area contributed by atoms with Crippen LogP contribution in [0.4, 0.5) is 19.1 Å². The quantitative estimate of drug-likeness (QED) is 0.768. The van der Waals surface area contributed by atoms with Gasteiger partial charge in [-0.2, -0.15) is 18.2 Å². The Morgan fingerprint density at radius 3 is 2.78 bits per heavy atom. The summed E-state index contributed by atoms with van der Waals surface area (Å²) in [4.78, 5) is 7.99. The van der Waals surface area contributed by atoms with Gasteiger partial charge < -0.3 is 10.1 Å². The maximum Gasteiger partial charge on any atom is 0.389 e. The minimum atomic E-state index is -4.08. The molecule has 1 aromatic rings. The zero-order valence-electron chi connectivity index (χ0n) is 10.1. The molecule has 0 saturated heterocycles. The fraction of sp³-hybridized carbons (Fsp3) is 0.636. The first-order chi connectivity index (χ1) is 8.51. The Morgan fingerprint density at radius 1 is 1.33 bits per heavy atom. The average molecular weight is 263 g/mol. The lowest BCUT2D eigenvalue weighted by molar-refractivity contribution is -0.135. The Hall–Kier alpha value is -1.53. The van der Waals surface area contributed by atoms with Gasteiger partial charge >= 0.3 is 6.18 Å². The van der Waals surface area contributed by atoms with Gasteiger partial charge in [0.05, 0.1) is 6.61 Å². The molecule has 0 radical (unpaired) electrons. The molecule has 0 aliphatic heterocycles. The van der Waals surface area contributed by atoms with Crippen molar-refractivity contribution in [3.63, 3.8) is 0 Å². The molecule has 0 bridgehead atoms. The van der Waals surface area contributed by atoms with Gasteiger partial charge in [0.1, 0.15) is 0 Å². The second-order valence-corrected chi connectivity index (χ2v) is 3.65. The molecule has 1 heterocycles. The number of aromatic nitrogens is 2. The summed E-state index contributed by atoms with van der Waals surface area (Å²) in [5.41, 5.74) is 0. The summed E-state index contributed by atoms with van der Waals surface area (Å²) in [5.74, 6) is 0.818. The first-order valence-electron chi connectivity index (χ1n) is 5.77. The molecule has 0 amide bonds. The molecule has 1 N–H and O–H groups in total. The highest BCUT2D eigenvalue weighted by Gasteiger charge is 2.25. The highest BCUT2D eigenvalue weighted by Crippen LogP contribution is 2.22. The van der Waals surface area contributed by atoms with Gasteiger partial charge in [-0.25, -0.2) is 4.98 Å². The second kappa shape index (κ2) is 7.03. The van der Waals surface area contributed by atoms with E-state index in [1.165, 1.54) is 6.20 Å². The summed E-state index contributed by atoms with van der Waals surface area (Å²) in [7, 11) is 0. The SMILES string of the molecule is CCOc1ccnc(NCCCCC(F)(F)F)n1. The van der Waals surface area contributed by atoms with Crippen molar-refractivity contribution in [2.24, 2.45) is 0 Å². The topological polar surface area (TPSA) is 47.0 Å². The number of rotatable bonds is 7. The van der Waals surface area contributed by atoms with E-state index in [1.54, 1.807) is 6.07 Å². The lowest BCUT2D eigenvalue weighted by Gasteiger charge is -2.07. The van der Waals surface area contributed by atoms with Crippen molar-refractivity contribution >= 4 is 5.95 Å². The van der Waals surface area contributed by atoms with Crippen molar-refractivity contribution in [2.45, 2.75) is 32.4 Å². The standard InChI is InChI=1S/C11H16F3N3O/c1-2-18-9-5-8-16-10(17-9)15-7-4-3-6-11(12,13)14/h5,8H,2-4,6-7H2,1H3,(H,15,16,17). The molecule has 102 valence electrons. The molecule has 0 spiro atoms. The average Bonchev–Trinajstić information content (AvgIpc) is 2.28. The van der Waals surface area contributed by atoms with Crippen molar-refractivity contribution in [2.75, 3.05) is 18.5 Å². The molecule has 0 saturated carbocycles. The van der Waals surface area contributed by atoms with E-state index in [0.29, 0.717) is 31.4 Å². The van der Waals surface area contributed by atoms with Crippen molar-refractivity contribution in [1.29, 1.82) is 0 Å². The third kappa shape index (κ3) is 6.27. The second-order valence-electron chi connectivity index (χ2n) is 3.65. The molecular formula is C11H16F3N3O. The Balaban J connectivity index is 2.24. The molecule has 0 aromatic carbocycles. The minimum absolute atomic E-state index is 0.0989. The van der Waals surface area contributed by atoms with Crippen LogP contribution in [-0.2, 0) is 0 Å². The van der Waals surface area contributed by atoms with Crippen LogP contribution < -0.4 is 10.1 Å². The molecule has 0 atom stereocenters. The smallest absolute Gasteiger partial charge is 0.389 e. The summed E-state index contributed by atoms with van der Waals surface area (Å²) >= 11 is 0. The molecule has 7 heteroatoms. The van der Waals surface area contributed by atoms with E-state index in [0.717, 1.165) is 0 Å². The van der Waals surface area contributed by atoms with Crippen LogP contribution in [-0.4, -0.2) is 29.3 Å². The number of hydrogen-bond donors (Lipinski definition) is 1. The molecule has 4 nitrogen and oxygen atoms in total. The van der Waals surface area contributed by atoms with Crippen molar-refractivity contribution in [1.82, 2.24) is 9.97 Å². The van der Waals surface area contributed by atoms with E-state index in [-0.39, 0.29) is 6.42 Å². The maximum absolute atomic E-state index is 11.9. The summed E-state index contributed by atoms with van der Waals surface area (Å²) in [6, 6.07) is 1.62. The third-order valence-electron chi connectivity index (χ3n) is 2.09. The first-order valence-corrected chi connectivity index (χ1v) is 5.77. The maximum atomic E-state index is 11.9. The van der Waals surface area contributed by atoms with Crippen molar-refractivity contribution in [3.8, 4) is 5.88 Å². The van der Waals surface area contributed by atoms with Crippen molar-refractivity contribution < 1.29 is 17.9 Å². The van der Waals surface area contributed by atoms with Crippen molar-refractivity contribution in [3.05, 3.63) is 12.3 Å². The predicted octanol–water partition coefficient (Wildman–Crippen LogP) is 3.02. The van der Waals surface area contributed by atoms with Crippen LogP contribution in [0.3, 0.4) is 0 Å².